The fourth-order valence-corrected chi connectivity index (χ4v) is 2.51. The van der Waals surface area contributed by atoms with Gasteiger partial charge in [-0.05, 0) is 50.3 Å². The standard InChI is InChI=1S/C15H21NO3/c1-10-3-4-13(9-14(10)18)15(19)16-7-5-12(6-8-16)11(2)17/h3-4,9,11-12,17-18H,5-8H2,1-2H3. The minimum absolute atomic E-state index is 0.0423. The van der Waals surface area contributed by atoms with Gasteiger partial charge in [-0.3, -0.25) is 4.79 Å². The summed E-state index contributed by atoms with van der Waals surface area (Å²) in [5.41, 5.74) is 1.29. The second-order valence-electron chi connectivity index (χ2n) is 5.37. The van der Waals surface area contributed by atoms with Crippen molar-refractivity contribution < 1.29 is 15.0 Å². The average Bonchev–Trinajstić information content (AvgIpc) is 2.41. The number of aromatic hydroxyl groups is 1. The summed E-state index contributed by atoms with van der Waals surface area (Å²) in [6.07, 6.45) is 1.36. The molecule has 4 heteroatoms. The summed E-state index contributed by atoms with van der Waals surface area (Å²) >= 11 is 0. The maximum Gasteiger partial charge on any atom is 0.253 e. The maximum atomic E-state index is 12.3. The number of hydrogen-bond acceptors (Lipinski definition) is 3. The van der Waals surface area contributed by atoms with Gasteiger partial charge in [0, 0.05) is 18.7 Å². The number of piperidine rings is 1. The molecule has 19 heavy (non-hydrogen) atoms. The minimum Gasteiger partial charge on any atom is -0.508 e. The fraction of sp³-hybridized carbons (Fsp3) is 0.533. The van der Waals surface area contributed by atoms with Gasteiger partial charge in [0.25, 0.3) is 5.91 Å². The van der Waals surface area contributed by atoms with E-state index in [4.69, 9.17) is 0 Å². The Kier molecular flexibility index (Phi) is 4.10. The molecule has 104 valence electrons. The van der Waals surface area contributed by atoms with Crippen LogP contribution >= 0.6 is 0 Å². The molecule has 0 saturated carbocycles. The van der Waals surface area contributed by atoms with Crippen LogP contribution in [0.5, 0.6) is 5.75 Å². The van der Waals surface area contributed by atoms with Crippen molar-refractivity contribution in [1.29, 1.82) is 0 Å². The van der Waals surface area contributed by atoms with E-state index >= 15 is 0 Å². The fourth-order valence-electron chi connectivity index (χ4n) is 2.51. The number of rotatable bonds is 2. The lowest BCUT2D eigenvalue weighted by Crippen LogP contribution is -2.40. The van der Waals surface area contributed by atoms with E-state index in [1.54, 1.807) is 30.9 Å². The molecule has 2 N–H and O–H groups in total. The van der Waals surface area contributed by atoms with Gasteiger partial charge in [-0.2, -0.15) is 0 Å². The van der Waals surface area contributed by atoms with E-state index < -0.39 is 0 Å². The number of hydrogen-bond donors (Lipinski definition) is 2. The van der Waals surface area contributed by atoms with Gasteiger partial charge in [-0.25, -0.2) is 0 Å². The molecule has 0 bridgehead atoms. The number of amides is 1. The number of phenols is 1. The second kappa shape index (κ2) is 5.61. The van der Waals surface area contributed by atoms with Crippen molar-refractivity contribution in [2.75, 3.05) is 13.1 Å². The quantitative estimate of drug-likeness (QED) is 0.857. The summed E-state index contributed by atoms with van der Waals surface area (Å²) in [6, 6.07) is 5.03. The molecule has 1 aromatic carbocycles. The molecule has 1 heterocycles. The number of carbonyl (C=O) groups excluding carboxylic acids is 1. The van der Waals surface area contributed by atoms with Gasteiger partial charge in [-0.15, -0.1) is 0 Å². The van der Waals surface area contributed by atoms with Crippen molar-refractivity contribution in [2.24, 2.45) is 5.92 Å². The van der Waals surface area contributed by atoms with Gasteiger partial charge in [0.05, 0.1) is 6.10 Å². The molecule has 1 aliphatic rings. The second-order valence-corrected chi connectivity index (χ2v) is 5.37. The minimum atomic E-state index is -0.305. The Bertz CT molecular complexity index is 462. The Morgan fingerprint density at radius 1 is 1.37 bits per heavy atom. The van der Waals surface area contributed by atoms with Crippen LogP contribution in [0.1, 0.15) is 35.7 Å². The van der Waals surface area contributed by atoms with Crippen molar-refractivity contribution in [1.82, 2.24) is 4.90 Å². The highest BCUT2D eigenvalue weighted by molar-refractivity contribution is 5.94. The topological polar surface area (TPSA) is 60.8 Å². The third-order valence-corrected chi connectivity index (χ3v) is 3.97. The van der Waals surface area contributed by atoms with Crippen LogP contribution in [0.25, 0.3) is 0 Å². The first kappa shape index (κ1) is 13.9. The molecule has 1 unspecified atom stereocenters. The van der Waals surface area contributed by atoms with Crippen LogP contribution in [-0.2, 0) is 0 Å². The third-order valence-electron chi connectivity index (χ3n) is 3.97. The highest BCUT2D eigenvalue weighted by Gasteiger charge is 2.26. The van der Waals surface area contributed by atoms with Gasteiger partial charge < -0.3 is 15.1 Å². The Morgan fingerprint density at radius 2 is 2.00 bits per heavy atom. The number of benzene rings is 1. The summed E-state index contributed by atoms with van der Waals surface area (Å²) in [5, 5.41) is 19.2. The number of aliphatic hydroxyl groups is 1. The Morgan fingerprint density at radius 3 is 2.53 bits per heavy atom. The van der Waals surface area contributed by atoms with E-state index in [1.165, 1.54) is 6.07 Å². The summed E-state index contributed by atoms with van der Waals surface area (Å²) in [7, 11) is 0. The van der Waals surface area contributed by atoms with Crippen LogP contribution in [0.15, 0.2) is 18.2 Å². The normalized spacial score (nSPS) is 18.4. The highest BCUT2D eigenvalue weighted by Crippen LogP contribution is 2.23. The molecule has 1 fully saturated rings. The first-order valence-electron chi connectivity index (χ1n) is 6.76. The van der Waals surface area contributed by atoms with Crippen LogP contribution in [0.2, 0.25) is 0 Å². The van der Waals surface area contributed by atoms with E-state index in [2.05, 4.69) is 0 Å². The Hall–Kier alpha value is -1.55. The van der Waals surface area contributed by atoms with E-state index in [9.17, 15) is 15.0 Å². The third kappa shape index (κ3) is 3.07. The molecule has 1 aliphatic heterocycles. The number of likely N-dealkylation sites (tertiary alicyclic amines) is 1. The molecule has 0 radical (unpaired) electrons. The zero-order chi connectivity index (χ0) is 14.0. The molecule has 0 spiro atoms. The van der Waals surface area contributed by atoms with Gasteiger partial charge in [-0.1, -0.05) is 6.07 Å². The number of phenolic OH excluding ortho intramolecular Hbond substituents is 1. The van der Waals surface area contributed by atoms with Gasteiger partial charge in [0.2, 0.25) is 0 Å². The molecule has 0 aromatic heterocycles. The smallest absolute Gasteiger partial charge is 0.253 e. The molecule has 4 nitrogen and oxygen atoms in total. The van der Waals surface area contributed by atoms with Crippen molar-refractivity contribution in [3.63, 3.8) is 0 Å². The number of aliphatic hydroxyl groups excluding tert-OH is 1. The summed E-state index contributed by atoms with van der Waals surface area (Å²) in [4.78, 5) is 14.1. The molecule has 1 aromatic rings. The summed E-state index contributed by atoms with van der Waals surface area (Å²) in [6.45, 7) is 4.95. The lowest BCUT2D eigenvalue weighted by atomic mass is 9.92. The number of nitrogens with zero attached hydrogens (tertiary/aromatic N) is 1. The Labute approximate surface area is 113 Å². The first-order chi connectivity index (χ1) is 8.99. The summed E-state index contributed by atoms with van der Waals surface area (Å²) in [5.74, 6) is 0.402. The van der Waals surface area contributed by atoms with E-state index in [-0.39, 0.29) is 23.7 Å². The molecule has 2 rings (SSSR count). The van der Waals surface area contributed by atoms with Crippen LogP contribution in [0.4, 0.5) is 0 Å². The number of carbonyl (C=O) groups is 1. The van der Waals surface area contributed by atoms with Crippen LogP contribution in [-0.4, -0.2) is 40.2 Å². The van der Waals surface area contributed by atoms with Crippen LogP contribution in [0.3, 0.4) is 0 Å². The van der Waals surface area contributed by atoms with Gasteiger partial charge in [0.1, 0.15) is 5.75 Å². The molecule has 1 saturated heterocycles. The van der Waals surface area contributed by atoms with Crippen molar-refractivity contribution in [2.45, 2.75) is 32.8 Å². The molecule has 1 amide bonds. The number of aryl methyl sites for hydroxylation is 1. The van der Waals surface area contributed by atoms with Crippen LogP contribution in [0, 0.1) is 12.8 Å². The highest BCUT2D eigenvalue weighted by atomic mass is 16.3. The first-order valence-corrected chi connectivity index (χ1v) is 6.76. The summed E-state index contributed by atoms with van der Waals surface area (Å²) < 4.78 is 0. The lowest BCUT2D eigenvalue weighted by Gasteiger charge is -2.33. The van der Waals surface area contributed by atoms with Gasteiger partial charge in [0.15, 0.2) is 0 Å². The largest absolute Gasteiger partial charge is 0.508 e. The molecule has 1 atom stereocenters. The van der Waals surface area contributed by atoms with E-state index in [0.29, 0.717) is 18.7 Å². The van der Waals surface area contributed by atoms with Crippen molar-refractivity contribution >= 4 is 5.91 Å². The SMILES string of the molecule is Cc1ccc(C(=O)N2CCC(C(C)O)CC2)cc1O. The van der Waals surface area contributed by atoms with E-state index in [1.807, 2.05) is 0 Å². The van der Waals surface area contributed by atoms with Crippen molar-refractivity contribution in [3.05, 3.63) is 29.3 Å². The monoisotopic (exact) mass is 263 g/mol. The van der Waals surface area contributed by atoms with E-state index in [0.717, 1.165) is 18.4 Å². The maximum absolute atomic E-state index is 12.3. The predicted octanol–water partition coefficient (Wildman–Crippen LogP) is 1.93. The molecular weight excluding hydrogens is 242 g/mol. The zero-order valence-corrected chi connectivity index (χ0v) is 11.5. The molecular formula is C15H21NO3. The zero-order valence-electron chi connectivity index (χ0n) is 11.5. The average molecular weight is 263 g/mol. The van der Waals surface area contributed by atoms with Gasteiger partial charge >= 0.3 is 0 Å². The lowest BCUT2D eigenvalue weighted by molar-refractivity contribution is 0.0521. The predicted molar refractivity (Wildman–Crippen MR) is 73.2 cm³/mol. The van der Waals surface area contributed by atoms with Crippen LogP contribution < -0.4 is 0 Å². The van der Waals surface area contributed by atoms with Crippen molar-refractivity contribution in [3.8, 4) is 5.75 Å². The molecule has 0 aliphatic carbocycles. The Balaban J connectivity index is 2.03.